The fraction of sp³-hybridized carbons (Fsp3) is 0.750. The second kappa shape index (κ2) is 6.62. The summed E-state index contributed by atoms with van der Waals surface area (Å²) in [4.78, 5) is 29.9. The lowest BCUT2D eigenvalue weighted by atomic mass is 10.2. The maximum absolute atomic E-state index is 11.4. The maximum atomic E-state index is 11.4. The Morgan fingerprint density at radius 1 is 1.25 bits per heavy atom. The number of carboxylic acids is 2. The average Bonchev–Trinajstić information content (AvgIpc) is 2.13. The van der Waals surface area contributed by atoms with E-state index < -0.39 is 25.3 Å². The van der Waals surface area contributed by atoms with E-state index in [2.05, 4.69) is 0 Å². The Balaban J connectivity index is 3.91. The van der Waals surface area contributed by atoms with Crippen molar-refractivity contribution in [2.45, 2.75) is 25.3 Å². The summed E-state index contributed by atoms with van der Waals surface area (Å²) in [6.45, 7) is 0. The summed E-state index contributed by atoms with van der Waals surface area (Å²) >= 11 is 0. The van der Waals surface area contributed by atoms with Gasteiger partial charge >= 0.3 is 11.9 Å². The van der Waals surface area contributed by atoms with Gasteiger partial charge in [0.05, 0.1) is 0 Å². The standard InChI is InChI=1S/C8H16NO6P/c9-6(8(12)13)3-5-16(14,15)4-1-2-7(10)11/h6H,1-5,9H2,(H,10,11)(H,12,13)(H,14,15)/t6-/m0/s1. The zero-order valence-electron chi connectivity index (χ0n) is 8.70. The Labute approximate surface area is 92.7 Å². The first-order valence-electron chi connectivity index (χ1n) is 4.75. The maximum Gasteiger partial charge on any atom is 0.320 e. The van der Waals surface area contributed by atoms with E-state index in [1.807, 2.05) is 0 Å². The van der Waals surface area contributed by atoms with E-state index in [0.717, 1.165) is 0 Å². The molecule has 5 N–H and O–H groups in total. The van der Waals surface area contributed by atoms with Crippen molar-refractivity contribution in [3.05, 3.63) is 0 Å². The summed E-state index contributed by atoms with van der Waals surface area (Å²) in [7, 11) is -3.45. The Morgan fingerprint density at radius 2 is 1.81 bits per heavy atom. The molecule has 0 aliphatic rings. The molecule has 0 rings (SSSR count). The third-order valence-electron chi connectivity index (χ3n) is 2.00. The second-order valence-corrected chi connectivity index (χ2v) is 6.11. The smallest absolute Gasteiger partial charge is 0.320 e. The van der Waals surface area contributed by atoms with Crippen molar-refractivity contribution in [3.63, 3.8) is 0 Å². The summed E-state index contributed by atoms with van der Waals surface area (Å²) in [5, 5.41) is 16.8. The summed E-state index contributed by atoms with van der Waals surface area (Å²) in [5.74, 6) is -2.24. The molecule has 8 heteroatoms. The first kappa shape index (κ1) is 15.1. The molecule has 0 radical (unpaired) electrons. The lowest BCUT2D eigenvalue weighted by Gasteiger charge is -2.12. The lowest BCUT2D eigenvalue weighted by Crippen LogP contribution is -2.30. The van der Waals surface area contributed by atoms with Crippen LogP contribution in [0.15, 0.2) is 0 Å². The number of carbonyl (C=O) groups is 2. The molecule has 7 nitrogen and oxygen atoms in total. The fourth-order valence-corrected chi connectivity index (χ4v) is 2.61. The molecule has 0 aromatic carbocycles. The summed E-state index contributed by atoms with van der Waals surface area (Å²) in [6, 6.07) is -1.15. The van der Waals surface area contributed by atoms with Crippen molar-refractivity contribution >= 4 is 19.3 Å². The molecule has 0 bridgehead atoms. The van der Waals surface area contributed by atoms with Gasteiger partial charge in [0, 0.05) is 18.7 Å². The Hall–Kier alpha value is -0.910. The van der Waals surface area contributed by atoms with Crippen LogP contribution in [0.5, 0.6) is 0 Å². The molecule has 16 heavy (non-hydrogen) atoms. The topological polar surface area (TPSA) is 138 Å². The molecular formula is C8H16NO6P. The van der Waals surface area contributed by atoms with Crippen LogP contribution < -0.4 is 5.73 Å². The van der Waals surface area contributed by atoms with Gasteiger partial charge in [-0.2, -0.15) is 0 Å². The monoisotopic (exact) mass is 253 g/mol. The number of hydrogen-bond acceptors (Lipinski definition) is 4. The molecule has 0 spiro atoms. The number of rotatable bonds is 8. The highest BCUT2D eigenvalue weighted by atomic mass is 31.2. The lowest BCUT2D eigenvalue weighted by molar-refractivity contribution is -0.139. The first-order valence-corrected chi connectivity index (χ1v) is 6.78. The highest BCUT2D eigenvalue weighted by molar-refractivity contribution is 7.57. The van der Waals surface area contributed by atoms with Crippen LogP contribution in [0.2, 0.25) is 0 Å². The third-order valence-corrected chi connectivity index (χ3v) is 3.98. The van der Waals surface area contributed by atoms with E-state index in [0.29, 0.717) is 0 Å². The fourth-order valence-electron chi connectivity index (χ4n) is 1.05. The van der Waals surface area contributed by atoms with Gasteiger partial charge in [0.1, 0.15) is 6.04 Å². The molecule has 94 valence electrons. The second-order valence-electron chi connectivity index (χ2n) is 3.52. The molecule has 0 aliphatic heterocycles. The molecule has 0 heterocycles. The Kier molecular flexibility index (Phi) is 6.25. The van der Waals surface area contributed by atoms with Crippen LogP contribution in [0.4, 0.5) is 0 Å². The molecule has 0 fully saturated rings. The van der Waals surface area contributed by atoms with E-state index >= 15 is 0 Å². The van der Waals surface area contributed by atoms with Crippen molar-refractivity contribution in [3.8, 4) is 0 Å². The van der Waals surface area contributed by atoms with Crippen LogP contribution in [0.3, 0.4) is 0 Å². The van der Waals surface area contributed by atoms with Gasteiger partial charge in [0.2, 0.25) is 7.37 Å². The third kappa shape index (κ3) is 7.39. The van der Waals surface area contributed by atoms with Gasteiger partial charge < -0.3 is 20.8 Å². The van der Waals surface area contributed by atoms with Crippen LogP contribution in [0.1, 0.15) is 19.3 Å². The summed E-state index contributed by atoms with van der Waals surface area (Å²) in [6.07, 6.45) is -0.469. The van der Waals surface area contributed by atoms with Crippen molar-refractivity contribution in [1.29, 1.82) is 0 Å². The number of carboxylic acid groups (broad SMARTS) is 2. The van der Waals surface area contributed by atoms with Gasteiger partial charge in [-0.05, 0) is 12.8 Å². The van der Waals surface area contributed by atoms with Crippen LogP contribution >= 0.6 is 7.37 Å². The highest BCUT2D eigenvalue weighted by Gasteiger charge is 2.21. The van der Waals surface area contributed by atoms with E-state index in [1.165, 1.54) is 0 Å². The summed E-state index contributed by atoms with van der Waals surface area (Å²) in [5.41, 5.74) is 5.17. The van der Waals surface area contributed by atoms with Gasteiger partial charge in [0.25, 0.3) is 0 Å². The number of nitrogens with two attached hydrogens (primary N) is 1. The van der Waals surface area contributed by atoms with Gasteiger partial charge in [-0.1, -0.05) is 0 Å². The van der Waals surface area contributed by atoms with E-state index in [9.17, 15) is 19.0 Å². The van der Waals surface area contributed by atoms with E-state index in [1.54, 1.807) is 0 Å². The summed E-state index contributed by atoms with van der Waals surface area (Å²) < 4.78 is 11.4. The van der Waals surface area contributed by atoms with Gasteiger partial charge in [-0.25, -0.2) is 0 Å². The van der Waals surface area contributed by atoms with Crippen LogP contribution in [-0.2, 0) is 14.2 Å². The van der Waals surface area contributed by atoms with E-state index in [4.69, 9.17) is 15.9 Å². The molecule has 0 aromatic heterocycles. The van der Waals surface area contributed by atoms with Crippen molar-refractivity contribution < 1.29 is 29.3 Å². The van der Waals surface area contributed by atoms with Crippen molar-refractivity contribution in [2.75, 3.05) is 12.3 Å². The van der Waals surface area contributed by atoms with Crippen molar-refractivity contribution in [1.82, 2.24) is 0 Å². The molecule has 0 saturated carbocycles. The van der Waals surface area contributed by atoms with Crippen LogP contribution in [0, 0.1) is 0 Å². The zero-order chi connectivity index (χ0) is 12.8. The van der Waals surface area contributed by atoms with E-state index in [-0.39, 0.29) is 31.6 Å². The van der Waals surface area contributed by atoms with Crippen molar-refractivity contribution in [2.24, 2.45) is 5.73 Å². The molecule has 2 atom stereocenters. The SMILES string of the molecule is N[C@@H](CCP(=O)(O)CCCC(=O)O)C(=O)O. The highest BCUT2D eigenvalue weighted by Crippen LogP contribution is 2.42. The van der Waals surface area contributed by atoms with Crippen LogP contribution in [0.25, 0.3) is 0 Å². The Morgan fingerprint density at radius 3 is 2.25 bits per heavy atom. The zero-order valence-corrected chi connectivity index (χ0v) is 9.60. The predicted octanol–water partition coefficient (Wildman–Crippen LogP) is -0.0764. The average molecular weight is 253 g/mol. The molecular weight excluding hydrogens is 237 g/mol. The molecule has 0 aromatic rings. The first-order chi connectivity index (χ1) is 7.24. The number of aliphatic carboxylic acids is 2. The molecule has 0 aliphatic carbocycles. The molecule has 0 saturated heterocycles. The minimum Gasteiger partial charge on any atom is -0.481 e. The molecule has 1 unspecified atom stereocenters. The number of hydrogen-bond donors (Lipinski definition) is 4. The molecule has 0 amide bonds. The largest absolute Gasteiger partial charge is 0.481 e. The quantitative estimate of drug-likeness (QED) is 0.444. The van der Waals surface area contributed by atoms with Gasteiger partial charge in [-0.15, -0.1) is 0 Å². The Bertz CT molecular complexity index is 305. The normalized spacial score (nSPS) is 16.4. The van der Waals surface area contributed by atoms with Gasteiger partial charge in [-0.3, -0.25) is 14.2 Å². The predicted molar refractivity (Wildman–Crippen MR) is 56.7 cm³/mol. The van der Waals surface area contributed by atoms with Gasteiger partial charge in [0.15, 0.2) is 0 Å². The van der Waals surface area contributed by atoms with Crippen LogP contribution in [-0.4, -0.2) is 45.4 Å². The minimum atomic E-state index is -3.45. The minimum absolute atomic E-state index is 0.0871.